The maximum absolute atomic E-state index is 11.0. The normalized spacial score (nSPS) is 17.1. The van der Waals surface area contributed by atoms with E-state index in [1.165, 1.54) is 0 Å². The zero-order valence-electron chi connectivity index (χ0n) is 12.2. The number of amides is 2. The van der Waals surface area contributed by atoms with E-state index in [1.807, 2.05) is 24.3 Å². The number of carbonyl (C=O) groups is 1. The Morgan fingerprint density at radius 1 is 1.25 bits per heavy atom. The molecule has 110 valence electrons. The van der Waals surface area contributed by atoms with E-state index in [9.17, 15) is 4.79 Å². The quantitative estimate of drug-likeness (QED) is 0.791. The van der Waals surface area contributed by atoms with Crippen LogP contribution in [0.1, 0.15) is 26.7 Å². The van der Waals surface area contributed by atoms with Crippen molar-refractivity contribution in [3.05, 3.63) is 24.3 Å². The number of likely N-dealkylation sites (tertiary alicyclic amines) is 1. The fraction of sp³-hybridized carbons (Fsp3) is 0.533. The van der Waals surface area contributed by atoms with E-state index in [0.717, 1.165) is 37.3 Å². The van der Waals surface area contributed by atoms with Gasteiger partial charge in [0.15, 0.2) is 0 Å². The molecule has 0 saturated carbocycles. The third-order valence-electron chi connectivity index (χ3n) is 3.80. The van der Waals surface area contributed by atoms with Gasteiger partial charge in [0.1, 0.15) is 0 Å². The first-order chi connectivity index (χ1) is 9.56. The molecule has 0 spiro atoms. The van der Waals surface area contributed by atoms with Crippen molar-refractivity contribution in [3.8, 4) is 0 Å². The van der Waals surface area contributed by atoms with Gasteiger partial charge in [-0.05, 0) is 38.8 Å². The zero-order chi connectivity index (χ0) is 14.5. The first-order valence-electron chi connectivity index (χ1n) is 7.22. The van der Waals surface area contributed by atoms with Crippen LogP contribution in [0.3, 0.4) is 0 Å². The van der Waals surface area contributed by atoms with Crippen molar-refractivity contribution < 1.29 is 4.79 Å². The molecule has 2 amide bonds. The van der Waals surface area contributed by atoms with Gasteiger partial charge in [-0.25, -0.2) is 4.79 Å². The van der Waals surface area contributed by atoms with Crippen LogP contribution in [0.25, 0.3) is 0 Å². The van der Waals surface area contributed by atoms with Crippen molar-refractivity contribution in [1.82, 2.24) is 4.90 Å². The molecule has 1 fully saturated rings. The van der Waals surface area contributed by atoms with Gasteiger partial charge in [-0.1, -0.05) is 12.1 Å². The molecule has 1 aromatic rings. The molecular weight excluding hydrogens is 252 g/mol. The predicted molar refractivity (Wildman–Crippen MR) is 83.0 cm³/mol. The highest BCUT2D eigenvalue weighted by molar-refractivity contribution is 5.91. The van der Waals surface area contributed by atoms with Crippen molar-refractivity contribution in [2.75, 3.05) is 23.7 Å². The first kappa shape index (κ1) is 14.7. The first-order valence-corrected chi connectivity index (χ1v) is 7.22. The molecule has 20 heavy (non-hydrogen) atoms. The average Bonchev–Trinajstić information content (AvgIpc) is 2.41. The number of nitrogens with two attached hydrogens (primary N) is 1. The Kier molecular flexibility index (Phi) is 4.84. The summed E-state index contributed by atoms with van der Waals surface area (Å²) in [5.74, 6) is 0. The Morgan fingerprint density at radius 3 is 2.40 bits per heavy atom. The van der Waals surface area contributed by atoms with Gasteiger partial charge in [-0.3, -0.25) is 0 Å². The molecular formula is C15H24N4O. The van der Waals surface area contributed by atoms with Crippen molar-refractivity contribution in [2.45, 2.75) is 38.8 Å². The molecule has 0 aliphatic carbocycles. The monoisotopic (exact) mass is 276 g/mol. The predicted octanol–water partition coefficient (Wildman–Crippen LogP) is 2.46. The number of rotatable bonds is 4. The van der Waals surface area contributed by atoms with Crippen LogP contribution in [0.5, 0.6) is 0 Å². The summed E-state index contributed by atoms with van der Waals surface area (Å²) in [5, 5.41) is 6.17. The minimum Gasteiger partial charge on any atom is -0.381 e. The van der Waals surface area contributed by atoms with E-state index in [4.69, 9.17) is 5.73 Å². The zero-order valence-corrected chi connectivity index (χ0v) is 12.2. The van der Waals surface area contributed by atoms with Gasteiger partial charge >= 0.3 is 6.03 Å². The molecule has 0 atom stereocenters. The topological polar surface area (TPSA) is 70.4 Å². The van der Waals surface area contributed by atoms with Gasteiger partial charge in [0.05, 0.1) is 11.4 Å². The number of nitrogens with one attached hydrogen (secondary N) is 2. The summed E-state index contributed by atoms with van der Waals surface area (Å²) in [6.07, 6.45) is 2.23. The Morgan fingerprint density at radius 2 is 1.85 bits per heavy atom. The lowest BCUT2D eigenvalue weighted by Gasteiger charge is -2.35. The van der Waals surface area contributed by atoms with Gasteiger partial charge in [0.25, 0.3) is 0 Å². The summed E-state index contributed by atoms with van der Waals surface area (Å²) in [5.41, 5.74) is 6.87. The Hall–Kier alpha value is -1.75. The number of nitrogens with zero attached hydrogens (tertiary/aromatic N) is 1. The second kappa shape index (κ2) is 6.61. The Balaban J connectivity index is 1.96. The van der Waals surface area contributed by atoms with Crippen molar-refractivity contribution in [1.29, 1.82) is 0 Å². The van der Waals surface area contributed by atoms with Crippen LogP contribution in [0.4, 0.5) is 16.2 Å². The number of anilines is 2. The number of benzene rings is 1. The van der Waals surface area contributed by atoms with Crippen LogP contribution in [-0.2, 0) is 0 Å². The van der Waals surface area contributed by atoms with E-state index in [0.29, 0.717) is 12.1 Å². The van der Waals surface area contributed by atoms with Gasteiger partial charge in [-0.15, -0.1) is 0 Å². The van der Waals surface area contributed by atoms with Crippen molar-refractivity contribution in [3.63, 3.8) is 0 Å². The van der Waals surface area contributed by atoms with Crippen LogP contribution >= 0.6 is 0 Å². The molecule has 5 heteroatoms. The third-order valence-corrected chi connectivity index (χ3v) is 3.80. The highest BCUT2D eigenvalue weighted by Crippen LogP contribution is 2.24. The van der Waals surface area contributed by atoms with Crippen LogP contribution in [0, 0.1) is 0 Å². The smallest absolute Gasteiger partial charge is 0.316 e. The summed E-state index contributed by atoms with van der Waals surface area (Å²) in [4.78, 5) is 13.5. The molecule has 1 aliphatic rings. The molecule has 0 radical (unpaired) electrons. The third kappa shape index (κ3) is 3.87. The number of primary amides is 1. The lowest BCUT2D eigenvalue weighted by molar-refractivity contribution is 0.177. The average molecular weight is 276 g/mol. The molecule has 1 aromatic carbocycles. The molecule has 4 N–H and O–H groups in total. The second-order valence-electron chi connectivity index (χ2n) is 5.58. The Labute approximate surface area is 120 Å². The van der Waals surface area contributed by atoms with Gasteiger partial charge in [0, 0.05) is 25.2 Å². The molecule has 5 nitrogen and oxygen atoms in total. The SMILES string of the molecule is CC(C)N1CCC(Nc2ccccc2NC(N)=O)CC1. The summed E-state index contributed by atoms with van der Waals surface area (Å²) in [7, 11) is 0. The molecule has 1 saturated heterocycles. The molecule has 0 bridgehead atoms. The van der Waals surface area contributed by atoms with E-state index in [-0.39, 0.29) is 0 Å². The van der Waals surface area contributed by atoms with E-state index in [2.05, 4.69) is 29.4 Å². The maximum atomic E-state index is 11.0. The number of urea groups is 1. The lowest BCUT2D eigenvalue weighted by Crippen LogP contribution is -2.42. The largest absolute Gasteiger partial charge is 0.381 e. The van der Waals surface area contributed by atoms with Crippen molar-refractivity contribution >= 4 is 17.4 Å². The number of carbonyl (C=O) groups excluding carboxylic acids is 1. The van der Waals surface area contributed by atoms with E-state index in [1.54, 1.807) is 0 Å². The summed E-state index contributed by atoms with van der Waals surface area (Å²) < 4.78 is 0. The minimum absolute atomic E-state index is 0.445. The van der Waals surface area contributed by atoms with E-state index >= 15 is 0 Å². The van der Waals surface area contributed by atoms with Gasteiger partial charge in [0.2, 0.25) is 0 Å². The highest BCUT2D eigenvalue weighted by Gasteiger charge is 2.21. The highest BCUT2D eigenvalue weighted by atomic mass is 16.2. The van der Waals surface area contributed by atoms with Crippen LogP contribution in [0.15, 0.2) is 24.3 Å². The fourth-order valence-electron chi connectivity index (χ4n) is 2.63. The molecule has 1 heterocycles. The summed E-state index contributed by atoms with van der Waals surface area (Å²) in [6, 6.07) is 8.20. The van der Waals surface area contributed by atoms with Crippen LogP contribution in [-0.4, -0.2) is 36.1 Å². The number of para-hydroxylation sites is 2. The van der Waals surface area contributed by atoms with Crippen LogP contribution < -0.4 is 16.4 Å². The van der Waals surface area contributed by atoms with Gasteiger partial charge < -0.3 is 21.3 Å². The number of hydrogen-bond acceptors (Lipinski definition) is 3. The van der Waals surface area contributed by atoms with Gasteiger partial charge in [-0.2, -0.15) is 0 Å². The lowest BCUT2D eigenvalue weighted by atomic mass is 10.0. The maximum Gasteiger partial charge on any atom is 0.316 e. The fourth-order valence-corrected chi connectivity index (χ4v) is 2.63. The Bertz CT molecular complexity index is 453. The minimum atomic E-state index is -0.533. The standard InChI is InChI=1S/C15H24N4O/c1-11(2)19-9-7-12(8-10-19)17-13-5-3-4-6-14(13)18-15(16)20/h3-6,11-12,17H,7-10H2,1-2H3,(H3,16,18,20). The summed E-state index contributed by atoms with van der Waals surface area (Å²) in [6.45, 7) is 6.70. The van der Waals surface area contributed by atoms with E-state index < -0.39 is 6.03 Å². The molecule has 0 aromatic heterocycles. The van der Waals surface area contributed by atoms with Crippen LogP contribution in [0.2, 0.25) is 0 Å². The second-order valence-corrected chi connectivity index (χ2v) is 5.58. The summed E-state index contributed by atoms with van der Waals surface area (Å²) >= 11 is 0. The number of piperidine rings is 1. The number of hydrogen-bond donors (Lipinski definition) is 3. The van der Waals surface area contributed by atoms with Crippen molar-refractivity contribution in [2.24, 2.45) is 5.73 Å². The molecule has 0 unspecified atom stereocenters. The molecule has 2 rings (SSSR count). The molecule has 1 aliphatic heterocycles.